The number of aromatic nitrogens is 1. The second-order valence-electron chi connectivity index (χ2n) is 6.10. The van der Waals surface area contributed by atoms with Crippen molar-refractivity contribution in [3.8, 4) is 16.9 Å². The predicted molar refractivity (Wildman–Crippen MR) is 108 cm³/mol. The third-order valence-electron chi connectivity index (χ3n) is 4.04. The number of aryl methyl sites for hydroxylation is 1. The molecule has 0 radical (unpaired) electrons. The topological polar surface area (TPSA) is 94.3 Å². The molecule has 27 heavy (non-hydrogen) atoms. The molecule has 0 aliphatic heterocycles. The molecule has 1 heterocycles. The van der Waals surface area contributed by atoms with E-state index < -0.39 is 10.0 Å². The SMILES string of the molecule is COc1cccc(-c2ccnc(Nc3cccc(CCS(N)(=O)=O)c3)c2)c1. The number of anilines is 2. The minimum atomic E-state index is -3.48. The summed E-state index contributed by atoms with van der Waals surface area (Å²) in [7, 11) is -1.84. The smallest absolute Gasteiger partial charge is 0.209 e. The van der Waals surface area contributed by atoms with Crippen LogP contribution < -0.4 is 15.2 Å². The van der Waals surface area contributed by atoms with E-state index in [0.717, 1.165) is 28.1 Å². The van der Waals surface area contributed by atoms with Crippen LogP contribution in [-0.4, -0.2) is 26.3 Å². The van der Waals surface area contributed by atoms with Crippen molar-refractivity contribution >= 4 is 21.5 Å². The minimum Gasteiger partial charge on any atom is -0.497 e. The Morgan fingerprint density at radius 1 is 1.04 bits per heavy atom. The monoisotopic (exact) mass is 383 g/mol. The van der Waals surface area contributed by atoms with E-state index in [4.69, 9.17) is 9.88 Å². The summed E-state index contributed by atoms with van der Waals surface area (Å²) in [6.45, 7) is 0. The van der Waals surface area contributed by atoms with Crippen molar-refractivity contribution in [2.45, 2.75) is 6.42 Å². The van der Waals surface area contributed by atoms with E-state index in [-0.39, 0.29) is 5.75 Å². The maximum Gasteiger partial charge on any atom is 0.209 e. The van der Waals surface area contributed by atoms with Gasteiger partial charge in [0.25, 0.3) is 0 Å². The lowest BCUT2D eigenvalue weighted by molar-refractivity contribution is 0.415. The van der Waals surface area contributed by atoms with Gasteiger partial charge in [0.1, 0.15) is 11.6 Å². The predicted octanol–water partition coefficient (Wildman–Crippen LogP) is 3.33. The van der Waals surface area contributed by atoms with Crippen molar-refractivity contribution in [1.82, 2.24) is 4.98 Å². The number of primary sulfonamides is 1. The molecule has 7 heteroatoms. The fourth-order valence-corrected chi connectivity index (χ4v) is 3.21. The molecule has 0 fully saturated rings. The highest BCUT2D eigenvalue weighted by Gasteiger charge is 2.06. The molecule has 2 aromatic carbocycles. The second-order valence-corrected chi connectivity index (χ2v) is 7.84. The van der Waals surface area contributed by atoms with Gasteiger partial charge in [-0.2, -0.15) is 0 Å². The van der Waals surface area contributed by atoms with Gasteiger partial charge in [0.2, 0.25) is 10.0 Å². The first kappa shape index (κ1) is 18.9. The summed E-state index contributed by atoms with van der Waals surface area (Å²) in [5, 5.41) is 8.33. The summed E-state index contributed by atoms with van der Waals surface area (Å²) < 4.78 is 27.6. The van der Waals surface area contributed by atoms with Gasteiger partial charge in [-0.15, -0.1) is 0 Å². The van der Waals surface area contributed by atoms with Crippen LogP contribution in [0.1, 0.15) is 5.56 Å². The molecule has 0 unspecified atom stereocenters. The molecule has 140 valence electrons. The number of hydrogen-bond donors (Lipinski definition) is 2. The molecule has 0 bridgehead atoms. The van der Waals surface area contributed by atoms with Crippen LogP contribution in [-0.2, 0) is 16.4 Å². The Hall–Kier alpha value is -2.90. The zero-order chi connectivity index (χ0) is 19.3. The van der Waals surface area contributed by atoms with Gasteiger partial charge in [-0.3, -0.25) is 0 Å². The summed E-state index contributed by atoms with van der Waals surface area (Å²) in [4.78, 5) is 4.36. The van der Waals surface area contributed by atoms with Crippen molar-refractivity contribution < 1.29 is 13.2 Å². The molecule has 1 aromatic heterocycles. The van der Waals surface area contributed by atoms with Gasteiger partial charge >= 0.3 is 0 Å². The molecule has 0 saturated carbocycles. The molecule has 0 aliphatic rings. The number of ether oxygens (including phenoxy) is 1. The zero-order valence-electron chi connectivity index (χ0n) is 14.9. The average molecular weight is 383 g/mol. The van der Waals surface area contributed by atoms with Crippen molar-refractivity contribution in [1.29, 1.82) is 0 Å². The molecule has 0 amide bonds. The Morgan fingerprint density at radius 3 is 2.59 bits per heavy atom. The molecule has 0 aliphatic carbocycles. The first-order chi connectivity index (χ1) is 12.9. The van der Waals surface area contributed by atoms with Crippen molar-refractivity contribution in [2.75, 3.05) is 18.2 Å². The maximum absolute atomic E-state index is 11.1. The van der Waals surface area contributed by atoms with E-state index in [0.29, 0.717) is 12.2 Å². The van der Waals surface area contributed by atoms with Crippen molar-refractivity contribution in [2.24, 2.45) is 5.14 Å². The van der Waals surface area contributed by atoms with Crippen LogP contribution in [0.15, 0.2) is 66.9 Å². The van der Waals surface area contributed by atoms with Gasteiger partial charge in [-0.25, -0.2) is 18.5 Å². The van der Waals surface area contributed by atoms with E-state index in [2.05, 4.69) is 10.3 Å². The highest BCUT2D eigenvalue weighted by Crippen LogP contribution is 2.26. The van der Waals surface area contributed by atoms with Gasteiger partial charge in [0.05, 0.1) is 12.9 Å². The quantitative estimate of drug-likeness (QED) is 0.653. The molecule has 0 saturated heterocycles. The summed E-state index contributed by atoms with van der Waals surface area (Å²) in [5.41, 5.74) is 3.76. The summed E-state index contributed by atoms with van der Waals surface area (Å²) in [6, 6.07) is 19.2. The molecular weight excluding hydrogens is 362 g/mol. The number of rotatable bonds is 7. The Morgan fingerprint density at radius 2 is 1.81 bits per heavy atom. The molecule has 6 nitrogen and oxygen atoms in total. The number of hydrogen-bond acceptors (Lipinski definition) is 5. The molecule has 3 aromatic rings. The first-order valence-corrected chi connectivity index (χ1v) is 10.1. The van der Waals surface area contributed by atoms with E-state index >= 15 is 0 Å². The van der Waals surface area contributed by atoms with Crippen LogP contribution in [0.5, 0.6) is 5.75 Å². The maximum atomic E-state index is 11.1. The number of nitrogens with zero attached hydrogens (tertiary/aromatic N) is 1. The largest absolute Gasteiger partial charge is 0.497 e. The molecule has 0 spiro atoms. The Labute approximate surface area is 159 Å². The van der Waals surface area contributed by atoms with E-state index in [9.17, 15) is 8.42 Å². The number of sulfonamides is 1. The highest BCUT2D eigenvalue weighted by molar-refractivity contribution is 7.89. The number of nitrogens with two attached hydrogens (primary N) is 1. The van der Waals surface area contributed by atoms with Crippen LogP contribution in [0.25, 0.3) is 11.1 Å². The number of methoxy groups -OCH3 is 1. The van der Waals surface area contributed by atoms with Crippen molar-refractivity contribution in [3.05, 3.63) is 72.4 Å². The summed E-state index contributed by atoms with van der Waals surface area (Å²) >= 11 is 0. The summed E-state index contributed by atoms with van der Waals surface area (Å²) in [5.74, 6) is 1.40. The van der Waals surface area contributed by atoms with E-state index in [1.54, 1.807) is 13.3 Å². The lowest BCUT2D eigenvalue weighted by atomic mass is 10.1. The number of pyridine rings is 1. The van der Waals surface area contributed by atoms with E-state index in [1.807, 2.05) is 60.7 Å². The van der Waals surface area contributed by atoms with Crippen LogP contribution in [0.2, 0.25) is 0 Å². The fraction of sp³-hybridized carbons (Fsp3) is 0.150. The normalized spacial score (nSPS) is 11.2. The zero-order valence-corrected chi connectivity index (χ0v) is 15.7. The summed E-state index contributed by atoms with van der Waals surface area (Å²) in [6.07, 6.45) is 2.10. The second kappa shape index (κ2) is 8.20. The minimum absolute atomic E-state index is 0.0833. The standard InChI is InChI=1S/C20H21N3O3S/c1-26-19-7-3-5-16(13-19)17-8-10-22-20(14-17)23-18-6-2-4-15(12-18)9-11-27(21,24)25/h2-8,10,12-14H,9,11H2,1H3,(H,22,23)(H2,21,24,25). The molecule has 3 N–H and O–H groups in total. The van der Waals surface area contributed by atoms with Crippen molar-refractivity contribution in [3.63, 3.8) is 0 Å². The lowest BCUT2D eigenvalue weighted by Crippen LogP contribution is -2.17. The molecule has 3 rings (SSSR count). The van der Waals surface area contributed by atoms with Gasteiger partial charge in [0.15, 0.2) is 0 Å². The Balaban J connectivity index is 1.78. The van der Waals surface area contributed by atoms with Crippen LogP contribution in [0.4, 0.5) is 11.5 Å². The third-order valence-corrected chi connectivity index (χ3v) is 4.81. The van der Waals surface area contributed by atoms with E-state index in [1.165, 1.54) is 0 Å². The molecular formula is C20H21N3O3S. The fourth-order valence-electron chi connectivity index (χ4n) is 2.69. The number of nitrogens with one attached hydrogen (secondary N) is 1. The number of benzene rings is 2. The Bertz CT molecular complexity index is 1040. The Kier molecular flexibility index (Phi) is 5.73. The average Bonchev–Trinajstić information content (AvgIpc) is 2.66. The first-order valence-electron chi connectivity index (χ1n) is 8.40. The highest BCUT2D eigenvalue weighted by atomic mass is 32.2. The lowest BCUT2D eigenvalue weighted by Gasteiger charge is -2.10. The third kappa shape index (κ3) is 5.54. The van der Waals surface area contributed by atoms with Gasteiger partial charge in [0, 0.05) is 11.9 Å². The molecule has 0 atom stereocenters. The van der Waals surface area contributed by atoms with Gasteiger partial charge in [-0.05, 0) is 59.5 Å². The van der Waals surface area contributed by atoms with Crippen LogP contribution in [0.3, 0.4) is 0 Å². The van der Waals surface area contributed by atoms with Gasteiger partial charge < -0.3 is 10.1 Å². The van der Waals surface area contributed by atoms with Crippen LogP contribution >= 0.6 is 0 Å². The van der Waals surface area contributed by atoms with Gasteiger partial charge in [-0.1, -0.05) is 24.3 Å². The van der Waals surface area contributed by atoms with Crippen LogP contribution in [0, 0.1) is 0 Å².